The zero-order valence-corrected chi connectivity index (χ0v) is 13.6. The molecule has 5 nitrogen and oxygen atoms in total. The van der Waals surface area contributed by atoms with Crippen LogP contribution in [0.15, 0.2) is 24.3 Å². The van der Waals surface area contributed by atoms with Crippen molar-refractivity contribution >= 4 is 33.2 Å². The lowest BCUT2D eigenvalue weighted by molar-refractivity contribution is -0.131. The molecule has 1 aliphatic heterocycles. The van der Waals surface area contributed by atoms with E-state index in [0.717, 1.165) is 11.3 Å². The Hall–Kier alpha value is -1.21. The summed E-state index contributed by atoms with van der Waals surface area (Å²) in [6.45, 7) is 0.498. The number of carbonyl (C=O) groups excluding carboxylic acids is 1. The van der Waals surface area contributed by atoms with Gasteiger partial charge in [0.05, 0.1) is 0 Å². The number of nitrogens with two attached hydrogens (primary N) is 1. The molecule has 0 aromatic heterocycles. The van der Waals surface area contributed by atoms with Crippen LogP contribution < -0.4 is 5.73 Å². The lowest BCUT2D eigenvalue weighted by Gasteiger charge is -2.34. The number of anilines is 1. The summed E-state index contributed by atoms with van der Waals surface area (Å²) >= 11 is 1.58. The summed E-state index contributed by atoms with van der Waals surface area (Å²) in [7, 11) is -3.25. The molecule has 1 heterocycles. The number of nitrogen functional groups attached to an aromatic ring is 1. The summed E-state index contributed by atoms with van der Waals surface area (Å²) in [5.41, 5.74) is 7.37. The summed E-state index contributed by atoms with van der Waals surface area (Å²) in [4.78, 5) is 13.8. The summed E-state index contributed by atoms with van der Waals surface area (Å²) < 4.78 is 23.6. The molecule has 1 saturated heterocycles. The van der Waals surface area contributed by atoms with E-state index in [1.807, 2.05) is 18.2 Å². The maximum absolute atomic E-state index is 12.3. The van der Waals surface area contributed by atoms with Gasteiger partial charge in [-0.1, -0.05) is 12.1 Å². The molecule has 1 aliphatic rings. The third-order valence-corrected chi connectivity index (χ3v) is 6.12. The molecule has 1 fully saturated rings. The largest absolute Gasteiger partial charge is 0.399 e. The minimum atomic E-state index is -3.25. The molecule has 21 heavy (non-hydrogen) atoms. The highest BCUT2D eigenvalue weighted by molar-refractivity contribution is 8.00. The second kappa shape index (κ2) is 6.70. The molecule has 116 valence electrons. The average Bonchev–Trinajstić information content (AvgIpc) is 2.44. The third-order valence-electron chi connectivity index (χ3n) is 3.48. The Labute approximate surface area is 129 Å². The van der Waals surface area contributed by atoms with Crippen molar-refractivity contribution in [2.45, 2.75) is 18.2 Å². The van der Waals surface area contributed by atoms with Crippen LogP contribution in [0.1, 0.15) is 12.0 Å². The number of carbonyl (C=O) groups is 1. The fourth-order valence-electron chi connectivity index (χ4n) is 2.36. The van der Waals surface area contributed by atoms with E-state index >= 15 is 0 Å². The fourth-order valence-corrected chi connectivity index (χ4v) is 5.20. The molecule has 0 bridgehead atoms. The first-order chi connectivity index (χ1) is 9.88. The molecule has 2 rings (SSSR count). The van der Waals surface area contributed by atoms with E-state index in [0.29, 0.717) is 30.8 Å². The van der Waals surface area contributed by atoms with Gasteiger partial charge in [0.25, 0.3) is 0 Å². The first-order valence-corrected chi connectivity index (χ1v) is 9.89. The second-order valence-electron chi connectivity index (χ2n) is 5.19. The lowest BCUT2D eigenvalue weighted by Crippen LogP contribution is -2.49. The molecular weight excluding hydrogens is 308 g/mol. The number of thioether (sulfide) groups is 1. The van der Waals surface area contributed by atoms with E-state index in [9.17, 15) is 13.2 Å². The third kappa shape index (κ3) is 4.38. The molecule has 0 saturated carbocycles. The Balaban J connectivity index is 2.01. The van der Waals surface area contributed by atoms with Crippen molar-refractivity contribution in [3.05, 3.63) is 29.8 Å². The number of hydrogen-bond donors (Lipinski definition) is 1. The summed E-state index contributed by atoms with van der Waals surface area (Å²) in [5.74, 6) is 1.15. The van der Waals surface area contributed by atoms with Gasteiger partial charge >= 0.3 is 0 Å². The number of hydrogen-bond acceptors (Lipinski definition) is 5. The molecule has 1 unspecified atom stereocenters. The van der Waals surface area contributed by atoms with Crippen LogP contribution in [-0.4, -0.2) is 48.9 Å². The van der Waals surface area contributed by atoms with Gasteiger partial charge in [0.2, 0.25) is 5.91 Å². The van der Waals surface area contributed by atoms with Crippen molar-refractivity contribution in [1.82, 2.24) is 4.90 Å². The van der Waals surface area contributed by atoms with Gasteiger partial charge < -0.3 is 10.6 Å². The van der Waals surface area contributed by atoms with Gasteiger partial charge in [-0.05, 0) is 24.1 Å². The molecule has 7 heteroatoms. The van der Waals surface area contributed by atoms with Crippen LogP contribution in [0.3, 0.4) is 0 Å². The molecule has 0 spiro atoms. The Bertz CT molecular complexity index is 616. The van der Waals surface area contributed by atoms with E-state index in [1.165, 1.54) is 11.2 Å². The van der Waals surface area contributed by atoms with Gasteiger partial charge in [-0.3, -0.25) is 4.79 Å². The van der Waals surface area contributed by atoms with E-state index in [2.05, 4.69) is 0 Å². The van der Waals surface area contributed by atoms with Crippen LogP contribution >= 0.6 is 11.8 Å². The number of aryl methyl sites for hydroxylation is 1. The average molecular weight is 328 g/mol. The number of benzene rings is 1. The zero-order valence-electron chi connectivity index (χ0n) is 12.0. The number of rotatable bonds is 4. The zero-order chi connectivity index (χ0) is 15.5. The van der Waals surface area contributed by atoms with E-state index < -0.39 is 15.2 Å². The first kappa shape index (κ1) is 16.2. The highest BCUT2D eigenvalue weighted by atomic mass is 32.2. The molecule has 2 N–H and O–H groups in total. The van der Waals surface area contributed by atoms with Gasteiger partial charge in [-0.15, -0.1) is 0 Å². The van der Waals surface area contributed by atoms with Crippen LogP contribution in [0.5, 0.6) is 0 Å². The highest BCUT2D eigenvalue weighted by Crippen LogP contribution is 2.21. The summed E-state index contributed by atoms with van der Waals surface area (Å²) in [6, 6.07) is 7.41. The molecular formula is C14H20N2O3S2. The minimum Gasteiger partial charge on any atom is -0.399 e. The molecule has 0 radical (unpaired) electrons. The molecule has 1 aromatic rings. The van der Waals surface area contributed by atoms with Crippen molar-refractivity contribution in [2.75, 3.05) is 30.0 Å². The topological polar surface area (TPSA) is 80.5 Å². The fraction of sp³-hybridized carbons (Fsp3) is 0.500. The van der Waals surface area contributed by atoms with Crippen molar-refractivity contribution in [2.24, 2.45) is 0 Å². The molecule has 0 aliphatic carbocycles. The molecule has 1 amide bonds. The van der Waals surface area contributed by atoms with Crippen molar-refractivity contribution in [1.29, 1.82) is 0 Å². The number of nitrogens with zero attached hydrogens (tertiary/aromatic N) is 1. The quantitative estimate of drug-likeness (QED) is 0.839. The smallest absolute Gasteiger partial charge is 0.224 e. The van der Waals surface area contributed by atoms with Crippen LogP contribution in [0.25, 0.3) is 0 Å². The summed E-state index contributed by atoms with van der Waals surface area (Å²) in [5, 5.41) is -0.690. The number of sulfone groups is 1. The van der Waals surface area contributed by atoms with Crippen LogP contribution in [0.4, 0.5) is 5.69 Å². The predicted molar refractivity (Wildman–Crippen MR) is 86.8 cm³/mol. The van der Waals surface area contributed by atoms with Crippen LogP contribution in [0.2, 0.25) is 0 Å². The van der Waals surface area contributed by atoms with Gasteiger partial charge in [0, 0.05) is 36.4 Å². The van der Waals surface area contributed by atoms with Gasteiger partial charge in [0.15, 0.2) is 9.84 Å². The minimum absolute atomic E-state index is 0.104. The summed E-state index contributed by atoms with van der Waals surface area (Å²) in [6.07, 6.45) is 2.08. The van der Waals surface area contributed by atoms with Crippen molar-refractivity contribution in [3.63, 3.8) is 0 Å². The van der Waals surface area contributed by atoms with E-state index in [1.54, 1.807) is 17.8 Å². The monoisotopic (exact) mass is 328 g/mol. The Morgan fingerprint density at radius 2 is 2.24 bits per heavy atom. The lowest BCUT2D eigenvalue weighted by atomic mass is 10.1. The SMILES string of the molecule is CS(=O)(=O)C1CSCCN1C(=O)CCc1cccc(N)c1. The Kier molecular flexibility index (Phi) is 5.16. The Morgan fingerprint density at radius 1 is 1.48 bits per heavy atom. The molecule has 1 aromatic carbocycles. The first-order valence-electron chi connectivity index (χ1n) is 6.78. The van der Waals surface area contributed by atoms with Crippen molar-refractivity contribution in [3.8, 4) is 0 Å². The second-order valence-corrected chi connectivity index (χ2v) is 8.54. The predicted octanol–water partition coefficient (Wildman–Crippen LogP) is 1.15. The van der Waals surface area contributed by atoms with Crippen molar-refractivity contribution < 1.29 is 13.2 Å². The maximum Gasteiger partial charge on any atom is 0.224 e. The van der Waals surface area contributed by atoms with Gasteiger partial charge in [-0.25, -0.2) is 8.42 Å². The highest BCUT2D eigenvalue weighted by Gasteiger charge is 2.33. The number of amides is 1. The maximum atomic E-state index is 12.3. The normalized spacial score (nSPS) is 19.5. The van der Waals surface area contributed by atoms with E-state index in [-0.39, 0.29) is 5.91 Å². The van der Waals surface area contributed by atoms with E-state index in [4.69, 9.17) is 5.73 Å². The Morgan fingerprint density at radius 3 is 2.90 bits per heavy atom. The van der Waals surface area contributed by atoms with Gasteiger partial charge in [-0.2, -0.15) is 11.8 Å². The van der Waals surface area contributed by atoms with Crippen LogP contribution in [0, 0.1) is 0 Å². The molecule has 1 atom stereocenters. The van der Waals surface area contributed by atoms with Gasteiger partial charge in [0.1, 0.15) is 5.37 Å². The standard InChI is InChI=1S/C14H20N2O3S2/c1-21(18,19)14-10-20-8-7-16(14)13(17)6-5-11-3-2-4-12(15)9-11/h2-4,9,14H,5-8,10,15H2,1H3. The van der Waals surface area contributed by atoms with Crippen LogP contribution in [-0.2, 0) is 21.1 Å².